The lowest BCUT2D eigenvalue weighted by Crippen LogP contribution is -2.13. The molecule has 0 saturated carbocycles. The Morgan fingerprint density at radius 3 is 2.73 bits per heavy atom. The smallest absolute Gasteiger partial charge is 0.163 e. The Labute approximate surface area is 132 Å². The number of aliphatic hydroxyl groups excluding tert-OH is 1. The van der Waals surface area contributed by atoms with Crippen molar-refractivity contribution < 1.29 is 5.11 Å². The molecular formula is C15H16ClN5O. The number of aliphatic hydroxyl groups is 1. The number of nitrogens with zero attached hydrogens (tertiary/aromatic N) is 4. The van der Waals surface area contributed by atoms with E-state index in [0.29, 0.717) is 17.4 Å². The van der Waals surface area contributed by atoms with E-state index < -0.39 is 6.10 Å². The number of hydrogen-bond acceptors (Lipinski definition) is 5. The first-order chi connectivity index (χ1) is 10.6. The lowest BCUT2D eigenvalue weighted by molar-refractivity contribution is 0.191. The monoisotopic (exact) mass is 317 g/mol. The van der Waals surface area contributed by atoms with Crippen LogP contribution in [0.3, 0.4) is 0 Å². The molecule has 7 heteroatoms. The van der Waals surface area contributed by atoms with Crippen molar-refractivity contribution in [3.63, 3.8) is 0 Å². The third-order valence-electron chi connectivity index (χ3n) is 3.51. The van der Waals surface area contributed by atoms with Crippen molar-refractivity contribution in [1.29, 1.82) is 0 Å². The predicted octanol–water partition coefficient (Wildman–Crippen LogP) is 2.47. The number of aromatic nitrogens is 4. The number of anilines is 1. The van der Waals surface area contributed by atoms with Gasteiger partial charge in [0.15, 0.2) is 5.65 Å². The Balaban J connectivity index is 1.80. The molecule has 0 spiro atoms. The van der Waals surface area contributed by atoms with Gasteiger partial charge in [0.1, 0.15) is 12.1 Å². The highest BCUT2D eigenvalue weighted by molar-refractivity contribution is 6.30. The van der Waals surface area contributed by atoms with Gasteiger partial charge in [-0.2, -0.15) is 5.10 Å². The molecule has 0 aliphatic heterocycles. The second-order valence-electron chi connectivity index (χ2n) is 5.08. The van der Waals surface area contributed by atoms with E-state index in [-0.39, 0.29) is 0 Å². The summed E-state index contributed by atoms with van der Waals surface area (Å²) in [5.74, 6) is 0.670. The molecule has 2 aromatic heterocycles. The van der Waals surface area contributed by atoms with Gasteiger partial charge in [-0.15, -0.1) is 0 Å². The first kappa shape index (κ1) is 14.7. The van der Waals surface area contributed by atoms with Crippen LogP contribution in [0.4, 0.5) is 5.82 Å². The maximum absolute atomic E-state index is 10.2. The van der Waals surface area contributed by atoms with Crippen LogP contribution in [0.1, 0.15) is 17.4 Å². The SMILES string of the molecule is Cc1nn(C)c2ncnc(NCC(O)c3ccc(Cl)cc3)c12. The third kappa shape index (κ3) is 2.75. The quantitative estimate of drug-likeness (QED) is 0.773. The zero-order chi connectivity index (χ0) is 15.7. The van der Waals surface area contributed by atoms with Crippen molar-refractivity contribution in [3.8, 4) is 0 Å². The van der Waals surface area contributed by atoms with Gasteiger partial charge in [0, 0.05) is 18.6 Å². The van der Waals surface area contributed by atoms with Gasteiger partial charge in [-0.05, 0) is 24.6 Å². The van der Waals surface area contributed by atoms with E-state index in [4.69, 9.17) is 11.6 Å². The fraction of sp³-hybridized carbons (Fsp3) is 0.267. The molecule has 0 radical (unpaired) electrons. The fourth-order valence-corrected chi connectivity index (χ4v) is 2.53. The molecule has 6 nitrogen and oxygen atoms in total. The summed E-state index contributed by atoms with van der Waals surface area (Å²) in [7, 11) is 1.84. The summed E-state index contributed by atoms with van der Waals surface area (Å²) in [5.41, 5.74) is 2.41. The third-order valence-corrected chi connectivity index (χ3v) is 3.77. The van der Waals surface area contributed by atoms with Crippen molar-refractivity contribution >= 4 is 28.5 Å². The average Bonchev–Trinajstić information content (AvgIpc) is 2.81. The van der Waals surface area contributed by atoms with Crippen molar-refractivity contribution in [2.45, 2.75) is 13.0 Å². The van der Waals surface area contributed by atoms with Crippen molar-refractivity contribution in [2.75, 3.05) is 11.9 Å². The zero-order valence-electron chi connectivity index (χ0n) is 12.3. The first-order valence-corrected chi connectivity index (χ1v) is 7.26. The Morgan fingerprint density at radius 1 is 1.27 bits per heavy atom. The van der Waals surface area contributed by atoms with Crippen LogP contribution in [0.15, 0.2) is 30.6 Å². The van der Waals surface area contributed by atoms with E-state index in [1.807, 2.05) is 14.0 Å². The van der Waals surface area contributed by atoms with Gasteiger partial charge in [-0.1, -0.05) is 23.7 Å². The fourth-order valence-electron chi connectivity index (χ4n) is 2.41. The minimum absolute atomic E-state index is 0.335. The van der Waals surface area contributed by atoms with Crippen molar-refractivity contribution in [2.24, 2.45) is 7.05 Å². The zero-order valence-corrected chi connectivity index (χ0v) is 13.0. The van der Waals surface area contributed by atoms with E-state index in [9.17, 15) is 5.11 Å². The standard InChI is InChI=1S/C15H16ClN5O/c1-9-13-14(18-8-19-15(13)21(2)20-9)17-7-12(22)10-3-5-11(16)6-4-10/h3-6,8,12,22H,7H2,1-2H3,(H,17,18,19). The number of aryl methyl sites for hydroxylation is 2. The second kappa shape index (κ2) is 5.90. The van der Waals surface area contributed by atoms with Gasteiger partial charge in [-0.25, -0.2) is 9.97 Å². The highest BCUT2D eigenvalue weighted by Crippen LogP contribution is 2.23. The molecule has 0 aliphatic carbocycles. The van der Waals surface area contributed by atoms with Crippen LogP contribution in [-0.4, -0.2) is 31.4 Å². The molecular weight excluding hydrogens is 302 g/mol. The normalized spacial score (nSPS) is 12.5. The molecule has 3 aromatic rings. The van der Waals surface area contributed by atoms with Crippen LogP contribution >= 0.6 is 11.6 Å². The summed E-state index contributed by atoms with van der Waals surface area (Å²) in [5, 5.41) is 19.3. The molecule has 1 unspecified atom stereocenters. The summed E-state index contributed by atoms with van der Waals surface area (Å²) < 4.78 is 1.72. The molecule has 1 aromatic carbocycles. The van der Waals surface area contributed by atoms with Crippen LogP contribution in [-0.2, 0) is 7.05 Å². The topological polar surface area (TPSA) is 75.9 Å². The molecule has 1 atom stereocenters. The van der Waals surface area contributed by atoms with Crippen LogP contribution in [0, 0.1) is 6.92 Å². The molecule has 2 N–H and O–H groups in total. The minimum atomic E-state index is -0.653. The number of benzene rings is 1. The molecule has 22 heavy (non-hydrogen) atoms. The number of hydrogen-bond donors (Lipinski definition) is 2. The summed E-state index contributed by atoms with van der Waals surface area (Å²) >= 11 is 5.85. The Morgan fingerprint density at radius 2 is 2.00 bits per heavy atom. The second-order valence-corrected chi connectivity index (χ2v) is 5.51. The average molecular weight is 318 g/mol. The van der Waals surface area contributed by atoms with Gasteiger partial charge in [0.2, 0.25) is 0 Å². The van der Waals surface area contributed by atoms with E-state index in [1.54, 1.807) is 28.9 Å². The first-order valence-electron chi connectivity index (χ1n) is 6.88. The van der Waals surface area contributed by atoms with E-state index in [1.165, 1.54) is 6.33 Å². The maximum atomic E-state index is 10.2. The van der Waals surface area contributed by atoms with E-state index in [0.717, 1.165) is 22.3 Å². The Hall–Kier alpha value is -2.18. The van der Waals surface area contributed by atoms with Gasteiger partial charge in [0.25, 0.3) is 0 Å². The molecule has 0 bridgehead atoms. The molecule has 0 fully saturated rings. The Bertz CT molecular complexity index is 800. The summed E-state index contributed by atoms with van der Waals surface area (Å²) in [6.45, 7) is 2.24. The number of halogens is 1. The van der Waals surface area contributed by atoms with Gasteiger partial charge in [0.05, 0.1) is 17.2 Å². The molecule has 0 saturated heterocycles. The lowest BCUT2D eigenvalue weighted by atomic mass is 10.1. The van der Waals surface area contributed by atoms with Gasteiger partial charge < -0.3 is 10.4 Å². The Kier molecular flexibility index (Phi) is 3.96. The van der Waals surface area contributed by atoms with Crippen LogP contribution in [0.5, 0.6) is 0 Å². The summed E-state index contributed by atoms with van der Waals surface area (Å²) in [6, 6.07) is 7.13. The maximum Gasteiger partial charge on any atom is 0.163 e. The van der Waals surface area contributed by atoms with Gasteiger partial charge >= 0.3 is 0 Å². The van der Waals surface area contributed by atoms with Gasteiger partial charge in [-0.3, -0.25) is 4.68 Å². The predicted molar refractivity (Wildman–Crippen MR) is 85.9 cm³/mol. The number of nitrogens with one attached hydrogen (secondary N) is 1. The molecule has 0 aliphatic rings. The minimum Gasteiger partial charge on any atom is -0.387 e. The summed E-state index contributed by atoms with van der Waals surface area (Å²) in [4.78, 5) is 8.48. The molecule has 0 amide bonds. The van der Waals surface area contributed by atoms with Crippen LogP contribution < -0.4 is 5.32 Å². The molecule has 2 heterocycles. The molecule has 3 rings (SSSR count). The summed E-state index contributed by atoms with van der Waals surface area (Å²) in [6.07, 6.45) is 0.833. The van der Waals surface area contributed by atoms with E-state index in [2.05, 4.69) is 20.4 Å². The highest BCUT2D eigenvalue weighted by Gasteiger charge is 2.13. The van der Waals surface area contributed by atoms with E-state index >= 15 is 0 Å². The van der Waals surface area contributed by atoms with Crippen molar-refractivity contribution in [1.82, 2.24) is 19.7 Å². The molecule has 114 valence electrons. The van der Waals surface area contributed by atoms with Crippen molar-refractivity contribution in [3.05, 3.63) is 46.9 Å². The van der Waals surface area contributed by atoms with Crippen LogP contribution in [0.2, 0.25) is 5.02 Å². The largest absolute Gasteiger partial charge is 0.387 e. The number of fused-ring (bicyclic) bond motifs is 1. The highest BCUT2D eigenvalue weighted by atomic mass is 35.5. The van der Waals surface area contributed by atoms with Crippen LogP contribution in [0.25, 0.3) is 11.0 Å². The lowest BCUT2D eigenvalue weighted by Gasteiger charge is -2.13. The number of rotatable bonds is 4.